The van der Waals surface area contributed by atoms with Crippen LogP contribution in [0.4, 0.5) is 10.8 Å². The van der Waals surface area contributed by atoms with Gasteiger partial charge in [-0.1, -0.05) is 22.9 Å². The van der Waals surface area contributed by atoms with E-state index in [4.69, 9.17) is 11.6 Å². The lowest BCUT2D eigenvalue weighted by molar-refractivity contribution is -0.114. The van der Waals surface area contributed by atoms with Crippen molar-refractivity contribution in [1.29, 1.82) is 0 Å². The second kappa shape index (κ2) is 5.78. The molecule has 6 nitrogen and oxygen atoms in total. The first kappa shape index (κ1) is 14.6. The number of halogens is 1. The normalized spacial score (nSPS) is 10.6. The number of hydrogen-bond acceptors (Lipinski definition) is 4. The first-order valence-corrected chi connectivity index (χ1v) is 7.54. The quantitative estimate of drug-likeness (QED) is 0.685. The third-order valence-electron chi connectivity index (χ3n) is 2.82. The molecule has 2 heterocycles. The van der Waals surface area contributed by atoms with Crippen molar-refractivity contribution in [2.24, 2.45) is 0 Å². The summed E-state index contributed by atoms with van der Waals surface area (Å²) in [5, 5.41) is 6.37. The number of nitrogens with zero attached hydrogens (tertiary/aromatic N) is 1. The summed E-state index contributed by atoms with van der Waals surface area (Å²) < 4.78 is 0.867. The fourth-order valence-corrected chi connectivity index (χ4v) is 2.99. The minimum atomic E-state index is -0.312. The first-order chi connectivity index (χ1) is 10.5. The summed E-state index contributed by atoms with van der Waals surface area (Å²) >= 11 is 7.10. The zero-order valence-electron chi connectivity index (χ0n) is 11.4. The molecule has 0 radical (unpaired) electrons. The Balaban J connectivity index is 1.82. The number of thiazole rings is 1. The predicted octanol–water partition coefficient (Wildman–Crippen LogP) is 3.49. The van der Waals surface area contributed by atoms with Gasteiger partial charge in [0.15, 0.2) is 5.13 Å². The van der Waals surface area contributed by atoms with Gasteiger partial charge in [0.1, 0.15) is 5.69 Å². The van der Waals surface area contributed by atoms with E-state index < -0.39 is 0 Å². The Morgan fingerprint density at radius 1 is 1.27 bits per heavy atom. The summed E-state index contributed by atoms with van der Waals surface area (Å²) in [6, 6.07) is 6.91. The number of nitrogens with one attached hydrogen (secondary N) is 3. The number of anilines is 2. The maximum Gasteiger partial charge on any atom is 0.273 e. The van der Waals surface area contributed by atoms with E-state index in [1.807, 2.05) is 6.07 Å². The molecule has 0 fully saturated rings. The minimum Gasteiger partial charge on any atom is -0.356 e. The van der Waals surface area contributed by atoms with Gasteiger partial charge in [-0.2, -0.15) is 0 Å². The van der Waals surface area contributed by atoms with Crippen LogP contribution < -0.4 is 10.6 Å². The number of rotatable bonds is 3. The Labute approximate surface area is 134 Å². The number of carbonyl (C=O) groups is 2. The molecule has 1 aromatic carbocycles. The molecule has 0 saturated carbocycles. The number of aromatic amines is 1. The Morgan fingerprint density at radius 3 is 2.77 bits per heavy atom. The molecule has 0 saturated heterocycles. The van der Waals surface area contributed by atoms with Gasteiger partial charge in [-0.15, -0.1) is 0 Å². The number of hydrogen-bond donors (Lipinski definition) is 3. The van der Waals surface area contributed by atoms with Gasteiger partial charge in [0.2, 0.25) is 5.91 Å². The molecule has 112 valence electrons. The standard InChI is InChI=1S/C14H11ClN4O2S/c1-7(20)17-9-2-3-10-12(5-9)22-14(18-10)19-13(21)11-4-8(15)6-16-11/h2-6,16H,1H3,(H,17,20)(H,18,19,21). The van der Waals surface area contributed by atoms with E-state index in [1.165, 1.54) is 24.5 Å². The van der Waals surface area contributed by atoms with Crippen molar-refractivity contribution in [3.05, 3.63) is 41.2 Å². The number of aromatic nitrogens is 2. The van der Waals surface area contributed by atoms with Crippen LogP contribution in [0.5, 0.6) is 0 Å². The minimum absolute atomic E-state index is 0.138. The zero-order valence-corrected chi connectivity index (χ0v) is 13.0. The van der Waals surface area contributed by atoms with E-state index in [-0.39, 0.29) is 11.8 Å². The number of fused-ring (bicyclic) bond motifs is 1. The van der Waals surface area contributed by atoms with Crippen LogP contribution in [0.3, 0.4) is 0 Å². The van der Waals surface area contributed by atoms with E-state index in [0.717, 1.165) is 10.2 Å². The van der Waals surface area contributed by atoms with Crippen LogP contribution in [-0.2, 0) is 4.79 Å². The Morgan fingerprint density at radius 2 is 2.09 bits per heavy atom. The molecule has 0 aliphatic heterocycles. The van der Waals surface area contributed by atoms with Gasteiger partial charge in [0.05, 0.1) is 15.2 Å². The summed E-state index contributed by atoms with van der Waals surface area (Å²) in [4.78, 5) is 30.2. The third kappa shape index (κ3) is 3.10. The number of H-pyrrole nitrogens is 1. The van der Waals surface area contributed by atoms with E-state index in [0.29, 0.717) is 21.5 Å². The summed E-state index contributed by atoms with van der Waals surface area (Å²) in [6.07, 6.45) is 1.54. The summed E-state index contributed by atoms with van der Waals surface area (Å²) in [5.41, 5.74) is 1.81. The Kier molecular flexibility index (Phi) is 3.82. The van der Waals surface area contributed by atoms with Crippen molar-refractivity contribution < 1.29 is 9.59 Å². The maximum absolute atomic E-state index is 12.0. The molecule has 2 aromatic heterocycles. The largest absolute Gasteiger partial charge is 0.356 e. The summed E-state index contributed by atoms with van der Waals surface area (Å²) in [5.74, 6) is -0.450. The summed E-state index contributed by atoms with van der Waals surface area (Å²) in [6.45, 7) is 1.45. The Bertz CT molecular complexity index is 871. The molecule has 3 N–H and O–H groups in total. The smallest absolute Gasteiger partial charge is 0.273 e. The first-order valence-electron chi connectivity index (χ1n) is 6.35. The highest BCUT2D eigenvalue weighted by Crippen LogP contribution is 2.28. The molecule has 22 heavy (non-hydrogen) atoms. The topological polar surface area (TPSA) is 86.9 Å². The van der Waals surface area contributed by atoms with Gasteiger partial charge in [0, 0.05) is 18.8 Å². The highest BCUT2D eigenvalue weighted by Gasteiger charge is 2.12. The Hall–Kier alpha value is -2.38. The molecule has 2 amide bonds. The van der Waals surface area contributed by atoms with Gasteiger partial charge in [0.25, 0.3) is 5.91 Å². The molecule has 3 aromatic rings. The van der Waals surface area contributed by atoms with Crippen molar-refractivity contribution in [1.82, 2.24) is 9.97 Å². The van der Waals surface area contributed by atoms with Crippen molar-refractivity contribution in [2.75, 3.05) is 10.6 Å². The molecule has 8 heteroatoms. The lowest BCUT2D eigenvalue weighted by Gasteiger charge is -1.99. The number of carbonyl (C=O) groups excluding carboxylic acids is 2. The van der Waals surface area contributed by atoms with Crippen molar-refractivity contribution in [3.63, 3.8) is 0 Å². The molecule has 0 atom stereocenters. The maximum atomic E-state index is 12.0. The van der Waals surface area contributed by atoms with E-state index in [1.54, 1.807) is 18.2 Å². The van der Waals surface area contributed by atoms with Gasteiger partial charge >= 0.3 is 0 Å². The third-order valence-corrected chi connectivity index (χ3v) is 3.97. The number of amides is 2. The van der Waals surface area contributed by atoms with E-state index in [9.17, 15) is 9.59 Å². The molecule has 0 spiro atoms. The SMILES string of the molecule is CC(=O)Nc1ccc2nc(NC(=O)c3cc(Cl)c[nH]3)sc2c1. The molecule has 0 unspecified atom stereocenters. The average Bonchev–Trinajstić information content (AvgIpc) is 3.03. The predicted molar refractivity (Wildman–Crippen MR) is 87.7 cm³/mol. The van der Waals surface area contributed by atoms with Crippen molar-refractivity contribution in [3.8, 4) is 0 Å². The molecular weight excluding hydrogens is 324 g/mol. The van der Waals surface area contributed by atoms with Crippen LogP contribution in [0.15, 0.2) is 30.5 Å². The highest BCUT2D eigenvalue weighted by molar-refractivity contribution is 7.22. The van der Waals surface area contributed by atoms with Crippen molar-refractivity contribution in [2.45, 2.75) is 6.92 Å². The van der Waals surface area contributed by atoms with Gasteiger partial charge in [-0.25, -0.2) is 4.98 Å². The van der Waals surface area contributed by atoms with Crippen LogP contribution >= 0.6 is 22.9 Å². The van der Waals surface area contributed by atoms with Crippen molar-refractivity contribution >= 4 is 55.8 Å². The van der Waals surface area contributed by atoms with Gasteiger partial charge < -0.3 is 10.3 Å². The highest BCUT2D eigenvalue weighted by atomic mass is 35.5. The second-order valence-corrected chi connectivity index (χ2v) is 6.04. The van der Waals surface area contributed by atoms with E-state index in [2.05, 4.69) is 20.6 Å². The molecule has 0 aliphatic carbocycles. The average molecular weight is 335 g/mol. The molecule has 3 rings (SSSR count). The van der Waals surface area contributed by atoms with Crippen LogP contribution in [-0.4, -0.2) is 21.8 Å². The number of benzene rings is 1. The lowest BCUT2D eigenvalue weighted by Crippen LogP contribution is -2.11. The van der Waals surface area contributed by atoms with Crippen LogP contribution in [0.1, 0.15) is 17.4 Å². The van der Waals surface area contributed by atoms with Crippen LogP contribution in [0.25, 0.3) is 10.2 Å². The lowest BCUT2D eigenvalue weighted by atomic mass is 10.3. The van der Waals surface area contributed by atoms with Crippen LogP contribution in [0, 0.1) is 0 Å². The molecule has 0 aliphatic rings. The molecule has 0 bridgehead atoms. The molecular formula is C14H11ClN4O2S. The zero-order chi connectivity index (χ0) is 15.7. The van der Waals surface area contributed by atoms with E-state index >= 15 is 0 Å². The second-order valence-electron chi connectivity index (χ2n) is 4.57. The fraction of sp³-hybridized carbons (Fsp3) is 0.0714. The van der Waals surface area contributed by atoms with Gasteiger partial charge in [-0.3, -0.25) is 14.9 Å². The monoisotopic (exact) mass is 334 g/mol. The van der Waals surface area contributed by atoms with Crippen LogP contribution in [0.2, 0.25) is 5.02 Å². The summed E-state index contributed by atoms with van der Waals surface area (Å²) in [7, 11) is 0. The van der Waals surface area contributed by atoms with Gasteiger partial charge in [-0.05, 0) is 24.3 Å². The fourth-order valence-electron chi connectivity index (χ4n) is 1.92.